The van der Waals surface area contributed by atoms with E-state index in [1.807, 2.05) is 0 Å². The van der Waals surface area contributed by atoms with Crippen LogP contribution in [0.2, 0.25) is 0 Å². The molecule has 0 saturated carbocycles. The topological polar surface area (TPSA) is 55.8 Å². The number of esters is 2. The molecule has 1 aromatic carbocycles. The molecule has 144 valence electrons. The van der Waals surface area contributed by atoms with Crippen LogP contribution in [0.5, 0.6) is 0 Å². The zero-order valence-electron chi connectivity index (χ0n) is 15.0. The molecule has 0 fully saturated rings. The number of likely N-dealkylation sites (N-methyl/N-ethyl adjacent to an activating group) is 1. The lowest BCUT2D eigenvalue weighted by molar-refractivity contribution is -0.141. The van der Waals surface area contributed by atoms with Crippen LogP contribution >= 0.6 is 0 Å². The molecule has 2 aliphatic heterocycles. The van der Waals surface area contributed by atoms with Crippen molar-refractivity contribution in [2.75, 3.05) is 20.3 Å². The molecule has 0 bridgehead atoms. The third kappa shape index (κ3) is 3.09. The van der Waals surface area contributed by atoms with Crippen molar-refractivity contribution in [3.05, 3.63) is 57.9 Å². The lowest BCUT2D eigenvalue weighted by atomic mass is 9.78. The molecule has 1 atom stereocenters. The Morgan fingerprint density at radius 2 is 2.00 bits per heavy atom. The molecule has 3 rings (SSSR count). The molecule has 5 nitrogen and oxygen atoms in total. The van der Waals surface area contributed by atoms with E-state index in [1.165, 1.54) is 18.2 Å². The van der Waals surface area contributed by atoms with E-state index >= 15 is 0 Å². The van der Waals surface area contributed by atoms with Crippen molar-refractivity contribution >= 4 is 11.9 Å². The van der Waals surface area contributed by atoms with Crippen LogP contribution in [0.3, 0.4) is 0 Å². The smallest absolute Gasteiger partial charge is 0.416 e. The van der Waals surface area contributed by atoms with Crippen LogP contribution in [0.25, 0.3) is 0 Å². The number of alkyl halides is 3. The number of carbonyl (C=O) groups excluding carboxylic acids is 2. The molecule has 0 radical (unpaired) electrons. The fraction of sp³-hybridized carbons (Fsp3) is 0.368. The molecule has 0 saturated heterocycles. The number of rotatable bonds is 3. The molecule has 1 aromatic rings. The Kier molecular flexibility index (Phi) is 4.75. The minimum Gasteiger partial charge on any atom is -0.463 e. The highest BCUT2D eigenvalue weighted by Crippen LogP contribution is 2.47. The van der Waals surface area contributed by atoms with E-state index in [2.05, 4.69) is 0 Å². The highest BCUT2D eigenvalue weighted by molar-refractivity contribution is 6.01. The maximum atomic E-state index is 13.6. The Balaban J connectivity index is 2.29. The van der Waals surface area contributed by atoms with Crippen LogP contribution in [-0.4, -0.2) is 37.1 Å². The lowest BCUT2D eigenvalue weighted by Gasteiger charge is -2.34. The Hall–Kier alpha value is -2.77. The van der Waals surface area contributed by atoms with Crippen molar-refractivity contribution in [2.45, 2.75) is 25.9 Å². The summed E-state index contributed by atoms with van der Waals surface area (Å²) in [4.78, 5) is 26.6. The first-order valence-corrected chi connectivity index (χ1v) is 8.36. The monoisotopic (exact) mass is 381 g/mol. The second-order valence-electron chi connectivity index (χ2n) is 6.23. The summed E-state index contributed by atoms with van der Waals surface area (Å²) in [6.45, 7) is 3.22. The largest absolute Gasteiger partial charge is 0.463 e. The van der Waals surface area contributed by atoms with Crippen LogP contribution in [-0.2, 0) is 25.2 Å². The Morgan fingerprint density at radius 1 is 1.33 bits per heavy atom. The van der Waals surface area contributed by atoms with E-state index in [4.69, 9.17) is 9.47 Å². The van der Waals surface area contributed by atoms with Gasteiger partial charge in [0.25, 0.3) is 0 Å². The minimum atomic E-state index is -4.64. The van der Waals surface area contributed by atoms with Gasteiger partial charge in [0.2, 0.25) is 0 Å². The van der Waals surface area contributed by atoms with E-state index in [0.29, 0.717) is 11.4 Å². The highest BCUT2D eigenvalue weighted by atomic mass is 19.4. The number of ether oxygens (including phenoxy) is 2. The summed E-state index contributed by atoms with van der Waals surface area (Å²) >= 11 is 0. The van der Waals surface area contributed by atoms with Crippen molar-refractivity contribution < 1.29 is 32.2 Å². The summed E-state index contributed by atoms with van der Waals surface area (Å²) in [5.74, 6) is -2.69. The Labute approximate surface area is 154 Å². The maximum Gasteiger partial charge on any atom is 0.416 e. The molecule has 1 unspecified atom stereocenters. The standard InChI is InChI=1S/C19H18F3NO4/c1-4-26-17(24)14-10(2)23(3)13-9-27-18(25)16(13)15(14)11-7-5-6-8-12(11)19(20,21)22/h5-8,15H,4,9H2,1-3H3. The molecule has 8 heteroatoms. The number of allylic oxidation sites excluding steroid dienone is 1. The van der Waals surface area contributed by atoms with Gasteiger partial charge in [-0.05, 0) is 25.5 Å². The molecule has 0 spiro atoms. The number of hydrogen-bond donors (Lipinski definition) is 0. The van der Waals surface area contributed by atoms with Crippen LogP contribution in [0.1, 0.15) is 30.9 Å². The highest BCUT2D eigenvalue weighted by Gasteiger charge is 2.46. The summed E-state index contributed by atoms with van der Waals surface area (Å²) in [7, 11) is 1.64. The Bertz CT molecular complexity index is 870. The van der Waals surface area contributed by atoms with Gasteiger partial charge in [0.05, 0.1) is 34.9 Å². The van der Waals surface area contributed by atoms with Gasteiger partial charge in [-0.1, -0.05) is 18.2 Å². The van der Waals surface area contributed by atoms with Crippen LogP contribution < -0.4 is 0 Å². The molecule has 0 aliphatic carbocycles. The van der Waals surface area contributed by atoms with Crippen LogP contribution in [0.4, 0.5) is 13.2 Å². The van der Waals surface area contributed by atoms with Crippen LogP contribution in [0.15, 0.2) is 46.8 Å². The summed E-state index contributed by atoms with van der Waals surface area (Å²) in [5, 5.41) is 0. The van der Waals surface area contributed by atoms with E-state index in [1.54, 1.807) is 25.8 Å². The van der Waals surface area contributed by atoms with Crippen LogP contribution in [0, 0.1) is 0 Å². The average Bonchev–Trinajstić information content (AvgIpc) is 2.99. The summed E-state index contributed by atoms with van der Waals surface area (Å²) in [5.41, 5.74) is -0.149. The first-order valence-electron chi connectivity index (χ1n) is 8.36. The normalized spacial score (nSPS) is 20.0. The average molecular weight is 381 g/mol. The first-order chi connectivity index (χ1) is 12.7. The number of nitrogens with zero attached hydrogens (tertiary/aromatic N) is 1. The van der Waals surface area contributed by atoms with Gasteiger partial charge in [-0.15, -0.1) is 0 Å². The van der Waals surface area contributed by atoms with Gasteiger partial charge in [-0.3, -0.25) is 0 Å². The lowest BCUT2D eigenvalue weighted by Crippen LogP contribution is -2.32. The zero-order valence-corrected chi connectivity index (χ0v) is 15.0. The molecule has 27 heavy (non-hydrogen) atoms. The molecule has 2 heterocycles. The van der Waals surface area contributed by atoms with Gasteiger partial charge < -0.3 is 14.4 Å². The van der Waals surface area contributed by atoms with Crippen molar-refractivity contribution in [2.24, 2.45) is 0 Å². The predicted octanol–water partition coefficient (Wildman–Crippen LogP) is 3.38. The minimum absolute atomic E-state index is 0.00801. The van der Waals surface area contributed by atoms with E-state index in [0.717, 1.165) is 6.07 Å². The van der Waals surface area contributed by atoms with Crippen molar-refractivity contribution in [1.82, 2.24) is 4.90 Å². The van der Waals surface area contributed by atoms with Gasteiger partial charge in [0.1, 0.15) is 6.61 Å². The second kappa shape index (κ2) is 6.75. The Morgan fingerprint density at radius 3 is 2.63 bits per heavy atom. The van der Waals surface area contributed by atoms with Gasteiger partial charge in [-0.2, -0.15) is 13.2 Å². The third-order valence-electron chi connectivity index (χ3n) is 4.82. The van der Waals surface area contributed by atoms with Gasteiger partial charge in [0.15, 0.2) is 0 Å². The molecule has 2 aliphatic rings. The third-order valence-corrected chi connectivity index (χ3v) is 4.82. The molecule has 0 amide bonds. The summed E-state index contributed by atoms with van der Waals surface area (Å²) in [6, 6.07) is 4.93. The van der Waals surface area contributed by atoms with Crippen molar-refractivity contribution in [3.63, 3.8) is 0 Å². The van der Waals surface area contributed by atoms with Crippen molar-refractivity contribution in [3.8, 4) is 0 Å². The fourth-order valence-electron chi connectivity index (χ4n) is 3.50. The fourth-order valence-corrected chi connectivity index (χ4v) is 3.50. The summed E-state index contributed by atoms with van der Waals surface area (Å²) in [6.07, 6.45) is -4.64. The SMILES string of the molecule is CCOC(=O)C1=C(C)N(C)C2=C(C(=O)OC2)C1c1ccccc1C(F)(F)F. The number of carbonyl (C=O) groups is 2. The summed E-state index contributed by atoms with van der Waals surface area (Å²) < 4.78 is 51.0. The van der Waals surface area contributed by atoms with E-state index in [9.17, 15) is 22.8 Å². The maximum absolute atomic E-state index is 13.6. The molecule has 0 aromatic heterocycles. The number of hydrogen-bond acceptors (Lipinski definition) is 5. The molecular formula is C19H18F3NO4. The predicted molar refractivity (Wildman–Crippen MR) is 89.3 cm³/mol. The van der Waals surface area contributed by atoms with E-state index in [-0.39, 0.29) is 29.9 Å². The van der Waals surface area contributed by atoms with Gasteiger partial charge in [0, 0.05) is 12.7 Å². The second-order valence-corrected chi connectivity index (χ2v) is 6.23. The molecular weight excluding hydrogens is 363 g/mol. The molecule has 0 N–H and O–H groups in total. The van der Waals surface area contributed by atoms with E-state index < -0.39 is 29.6 Å². The number of halogens is 3. The zero-order chi connectivity index (χ0) is 19.9. The van der Waals surface area contributed by atoms with Crippen molar-refractivity contribution in [1.29, 1.82) is 0 Å². The number of cyclic esters (lactones) is 1. The number of benzene rings is 1. The van der Waals surface area contributed by atoms with Gasteiger partial charge in [-0.25, -0.2) is 9.59 Å². The first kappa shape index (κ1) is 19.0. The quantitative estimate of drug-likeness (QED) is 0.752. The van der Waals surface area contributed by atoms with Gasteiger partial charge >= 0.3 is 18.1 Å².